The third kappa shape index (κ3) is 5.09. The lowest BCUT2D eigenvalue weighted by molar-refractivity contribution is 1.29. The standard InChI is InChI=1S/C24H27N/c1-17(2)20(6)24(16-19(5)21-10-8-7-9-11-21)22-12-14-23(15-13-22)25-18(3)4/h7-15,25H,1,3,5,16H2,2,4,6H3/b24-20-. The Hall–Kier alpha value is -2.80. The Balaban J connectivity index is 2.34. The van der Waals surface area contributed by atoms with Crippen molar-refractivity contribution in [1.82, 2.24) is 0 Å². The lowest BCUT2D eigenvalue weighted by atomic mass is 9.89. The molecule has 0 aliphatic carbocycles. The molecule has 25 heavy (non-hydrogen) atoms. The molecule has 1 nitrogen and oxygen atoms in total. The van der Waals surface area contributed by atoms with Crippen molar-refractivity contribution >= 4 is 16.8 Å². The molecule has 0 bridgehead atoms. The normalized spacial score (nSPS) is 11.5. The van der Waals surface area contributed by atoms with Crippen LogP contribution in [-0.4, -0.2) is 0 Å². The zero-order valence-electron chi connectivity index (χ0n) is 15.5. The molecule has 0 aliphatic rings. The molecule has 128 valence electrons. The fourth-order valence-corrected chi connectivity index (χ4v) is 2.70. The van der Waals surface area contributed by atoms with E-state index in [1.807, 2.05) is 25.1 Å². The van der Waals surface area contributed by atoms with Gasteiger partial charge in [0, 0.05) is 11.4 Å². The molecule has 0 heterocycles. The van der Waals surface area contributed by atoms with Gasteiger partial charge in [-0.2, -0.15) is 0 Å². The zero-order chi connectivity index (χ0) is 18.4. The summed E-state index contributed by atoms with van der Waals surface area (Å²) in [7, 11) is 0. The van der Waals surface area contributed by atoms with Crippen LogP contribution in [0.3, 0.4) is 0 Å². The van der Waals surface area contributed by atoms with E-state index in [0.717, 1.165) is 29.0 Å². The highest BCUT2D eigenvalue weighted by Crippen LogP contribution is 2.32. The van der Waals surface area contributed by atoms with Crippen LogP contribution in [0.25, 0.3) is 11.1 Å². The van der Waals surface area contributed by atoms with E-state index in [1.165, 1.54) is 22.3 Å². The van der Waals surface area contributed by atoms with Crippen molar-refractivity contribution in [2.75, 3.05) is 5.32 Å². The van der Waals surface area contributed by atoms with Crippen LogP contribution in [0.15, 0.2) is 91.2 Å². The Morgan fingerprint density at radius 1 is 0.800 bits per heavy atom. The summed E-state index contributed by atoms with van der Waals surface area (Å²) in [6, 6.07) is 18.8. The van der Waals surface area contributed by atoms with Crippen LogP contribution in [-0.2, 0) is 0 Å². The molecule has 2 rings (SSSR count). The lowest BCUT2D eigenvalue weighted by Gasteiger charge is -2.16. The fraction of sp³-hybridized carbons (Fsp3) is 0.167. The van der Waals surface area contributed by atoms with E-state index in [1.54, 1.807) is 0 Å². The molecular formula is C24H27N. The van der Waals surface area contributed by atoms with Crippen molar-refractivity contribution in [3.63, 3.8) is 0 Å². The monoisotopic (exact) mass is 329 g/mol. The quantitative estimate of drug-likeness (QED) is 0.535. The number of anilines is 1. The van der Waals surface area contributed by atoms with Crippen LogP contribution < -0.4 is 5.32 Å². The summed E-state index contributed by atoms with van der Waals surface area (Å²) >= 11 is 0. The van der Waals surface area contributed by atoms with Crippen molar-refractivity contribution in [1.29, 1.82) is 0 Å². The summed E-state index contributed by atoms with van der Waals surface area (Å²) in [6.07, 6.45) is 0.802. The van der Waals surface area contributed by atoms with Crippen molar-refractivity contribution in [3.8, 4) is 0 Å². The van der Waals surface area contributed by atoms with Gasteiger partial charge in [-0.1, -0.05) is 67.8 Å². The summed E-state index contributed by atoms with van der Waals surface area (Å²) in [6.45, 7) is 18.5. The molecule has 0 amide bonds. The predicted molar refractivity (Wildman–Crippen MR) is 112 cm³/mol. The third-order valence-electron chi connectivity index (χ3n) is 4.26. The number of allylic oxidation sites excluding steroid dienone is 5. The molecule has 0 atom stereocenters. The minimum absolute atomic E-state index is 0.802. The molecule has 0 unspecified atom stereocenters. The maximum atomic E-state index is 4.30. The highest BCUT2D eigenvalue weighted by atomic mass is 14.9. The van der Waals surface area contributed by atoms with Gasteiger partial charge in [0.1, 0.15) is 0 Å². The molecule has 0 fully saturated rings. The van der Waals surface area contributed by atoms with Gasteiger partial charge in [-0.25, -0.2) is 0 Å². The molecular weight excluding hydrogens is 302 g/mol. The maximum Gasteiger partial charge on any atom is 0.0381 e. The van der Waals surface area contributed by atoms with E-state index in [-0.39, 0.29) is 0 Å². The van der Waals surface area contributed by atoms with E-state index >= 15 is 0 Å². The number of hydrogen-bond acceptors (Lipinski definition) is 1. The Labute approximate surface area is 152 Å². The van der Waals surface area contributed by atoms with E-state index < -0.39 is 0 Å². The molecule has 1 heteroatoms. The van der Waals surface area contributed by atoms with Gasteiger partial charge < -0.3 is 5.32 Å². The minimum Gasteiger partial charge on any atom is -0.360 e. The SMILES string of the molecule is C=C(C)Nc1ccc(/C(CC(=C)c2ccccc2)=C(/C)C(=C)C)cc1. The zero-order valence-corrected chi connectivity index (χ0v) is 15.5. The second kappa shape index (κ2) is 8.34. The largest absolute Gasteiger partial charge is 0.360 e. The average Bonchev–Trinajstić information content (AvgIpc) is 2.60. The Bertz CT molecular complexity index is 805. The molecule has 0 radical (unpaired) electrons. The van der Waals surface area contributed by atoms with Crippen LogP contribution in [0, 0.1) is 0 Å². The second-order valence-electron chi connectivity index (χ2n) is 6.51. The maximum absolute atomic E-state index is 4.30. The number of benzene rings is 2. The molecule has 0 saturated heterocycles. The van der Waals surface area contributed by atoms with Gasteiger partial charge in [-0.05, 0) is 67.2 Å². The first-order chi connectivity index (χ1) is 11.9. The Kier molecular flexibility index (Phi) is 6.19. The van der Waals surface area contributed by atoms with Crippen LogP contribution in [0.2, 0.25) is 0 Å². The highest BCUT2D eigenvalue weighted by Gasteiger charge is 2.10. The number of nitrogens with one attached hydrogen (secondary N) is 1. The summed E-state index contributed by atoms with van der Waals surface area (Å²) in [4.78, 5) is 0. The number of rotatable bonds is 7. The minimum atomic E-state index is 0.802. The van der Waals surface area contributed by atoms with Gasteiger partial charge in [-0.15, -0.1) is 0 Å². The van der Waals surface area contributed by atoms with Crippen molar-refractivity contribution in [2.24, 2.45) is 0 Å². The van der Waals surface area contributed by atoms with E-state index in [2.05, 4.69) is 75.3 Å². The van der Waals surface area contributed by atoms with Crippen molar-refractivity contribution in [3.05, 3.63) is 102 Å². The van der Waals surface area contributed by atoms with Gasteiger partial charge >= 0.3 is 0 Å². The second-order valence-corrected chi connectivity index (χ2v) is 6.51. The summed E-state index contributed by atoms with van der Waals surface area (Å²) < 4.78 is 0. The van der Waals surface area contributed by atoms with Gasteiger partial charge in [0.2, 0.25) is 0 Å². The molecule has 0 aliphatic heterocycles. The lowest BCUT2D eigenvalue weighted by Crippen LogP contribution is -1.96. The molecule has 2 aromatic carbocycles. The average molecular weight is 329 g/mol. The highest BCUT2D eigenvalue weighted by molar-refractivity contribution is 5.82. The summed E-state index contributed by atoms with van der Waals surface area (Å²) in [5.41, 5.74) is 9.03. The van der Waals surface area contributed by atoms with E-state index in [0.29, 0.717) is 0 Å². The van der Waals surface area contributed by atoms with Crippen molar-refractivity contribution in [2.45, 2.75) is 27.2 Å². The number of hydrogen-bond donors (Lipinski definition) is 1. The molecule has 0 spiro atoms. The van der Waals surface area contributed by atoms with Gasteiger partial charge in [-0.3, -0.25) is 0 Å². The van der Waals surface area contributed by atoms with E-state index in [4.69, 9.17) is 0 Å². The van der Waals surface area contributed by atoms with Crippen LogP contribution in [0.4, 0.5) is 5.69 Å². The van der Waals surface area contributed by atoms with E-state index in [9.17, 15) is 0 Å². The molecule has 1 N–H and O–H groups in total. The first-order valence-corrected chi connectivity index (χ1v) is 8.50. The molecule has 2 aromatic rings. The summed E-state index contributed by atoms with van der Waals surface area (Å²) in [5, 5.41) is 3.24. The molecule has 0 saturated carbocycles. The van der Waals surface area contributed by atoms with Crippen LogP contribution in [0.5, 0.6) is 0 Å². The van der Waals surface area contributed by atoms with Crippen LogP contribution >= 0.6 is 0 Å². The van der Waals surface area contributed by atoms with Crippen LogP contribution in [0.1, 0.15) is 38.3 Å². The Morgan fingerprint density at radius 3 is 1.92 bits per heavy atom. The van der Waals surface area contributed by atoms with Gasteiger partial charge in [0.25, 0.3) is 0 Å². The Morgan fingerprint density at radius 2 is 1.40 bits per heavy atom. The smallest absolute Gasteiger partial charge is 0.0381 e. The molecule has 0 aromatic heterocycles. The fourth-order valence-electron chi connectivity index (χ4n) is 2.70. The van der Waals surface area contributed by atoms with Gasteiger partial charge in [0.15, 0.2) is 0 Å². The topological polar surface area (TPSA) is 12.0 Å². The van der Waals surface area contributed by atoms with Gasteiger partial charge in [0.05, 0.1) is 0 Å². The first-order valence-electron chi connectivity index (χ1n) is 8.50. The first kappa shape index (κ1) is 18.5. The van der Waals surface area contributed by atoms with Crippen molar-refractivity contribution < 1.29 is 0 Å². The summed E-state index contributed by atoms with van der Waals surface area (Å²) in [5.74, 6) is 0. The third-order valence-corrected chi connectivity index (χ3v) is 4.26. The predicted octanol–water partition coefficient (Wildman–Crippen LogP) is 7.09.